The van der Waals surface area contributed by atoms with Gasteiger partial charge in [-0.2, -0.15) is 5.10 Å². The van der Waals surface area contributed by atoms with E-state index >= 15 is 0 Å². The fourth-order valence-electron chi connectivity index (χ4n) is 2.96. The maximum atomic E-state index is 12.6. The van der Waals surface area contributed by atoms with Gasteiger partial charge in [0.05, 0.1) is 0 Å². The molecule has 0 saturated heterocycles. The Labute approximate surface area is 156 Å². The second kappa shape index (κ2) is 6.95. The molecule has 4 rings (SSSR count). The van der Waals surface area contributed by atoms with Gasteiger partial charge in [-0.05, 0) is 17.7 Å². The Balaban J connectivity index is 1.61. The highest BCUT2D eigenvalue weighted by atomic mass is 16.5. The first kappa shape index (κ1) is 16.8. The summed E-state index contributed by atoms with van der Waals surface area (Å²) in [6, 6.07) is 14.7. The van der Waals surface area contributed by atoms with E-state index in [0.29, 0.717) is 35.8 Å². The molecule has 7 heteroatoms. The minimum Gasteiger partial charge on any atom is -0.489 e. The second-order valence-corrected chi connectivity index (χ2v) is 6.29. The van der Waals surface area contributed by atoms with Gasteiger partial charge in [0, 0.05) is 42.5 Å². The van der Waals surface area contributed by atoms with Crippen LogP contribution < -0.4 is 15.4 Å². The summed E-state index contributed by atoms with van der Waals surface area (Å²) in [5, 5.41) is 9.64. The molecular weight excluding hydrogens is 344 g/mol. The number of carbonyl (C=O) groups excluding carboxylic acids is 2. The van der Waals surface area contributed by atoms with E-state index in [4.69, 9.17) is 4.74 Å². The average molecular weight is 362 g/mol. The molecule has 0 atom stereocenters. The zero-order valence-corrected chi connectivity index (χ0v) is 14.7. The van der Waals surface area contributed by atoms with Gasteiger partial charge in [0.1, 0.15) is 12.4 Å². The molecule has 27 heavy (non-hydrogen) atoms. The first-order chi connectivity index (χ1) is 13.1. The molecule has 0 spiro atoms. The number of nitrogens with one attached hydrogen (secondary N) is 2. The van der Waals surface area contributed by atoms with Crippen molar-refractivity contribution in [2.75, 3.05) is 5.32 Å². The van der Waals surface area contributed by atoms with Crippen LogP contribution in [0.4, 0.5) is 5.82 Å². The van der Waals surface area contributed by atoms with Crippen LogP contribution in [-0.2, 0) is 20.2 Å². The van der Waals surface area contributed by atoms with Crippen molar-refractivity contribution in [3.63, 3.8) is 0 Å². The summed E-state index contributed by atoms with van der Waals surface area (Å²) in [4.78, 5) is 24.7. The minimum absolute atomic E-state index is 0.206. The Kier molecular flexibility index (Phi) is 4.33. The van der Waals surface area contributed by atoms with E-state index in [1.54, 1.807) is 36.1 Å². The van der Waals surface area contributed by atoms with Crippen molar-refractivity contribution in [2.45, 2.75) is 13.2 Å². The maximum Gasteiger partial charge on any atom is 0.257 e. The van der Waals surface area contributed by atoms with E-state index in [2.05, 4.69) is 15.7 Å². The molecule has 0 fully saturated rings. The lowest BCUT2D eigenvalue weighted by Gasteiger charge is -2.12. The molecule has 2 heterocycles. The van der Waals surface area contributed by atoms with Crippen LogP contribution in [0.15, 0.2) is 54.7 Å². The van der Waals surface area contributed by atoms with Crippen LogP contribution in [0.3, 0.4) is 0 Å². The smallest absolute Gasteiger partial charge is 0.257 e. The zero-order chi connectivity index (χ0) is 18.8. The number of nitrogens with zero attached hydrogens (tertiary/aromatic N) is 2. The molecule has 0 radical (unpaired) electrons. The number of fused-ring (bicyclic) bond motifs is 1. The van der Waals surface area contributed by atoms with Crippen molar-refractivity contribution in [1.82, 2.24) is 15.1 Å². The number of aryl methyl sites for hydroxylation is 1. The molecular formula is C20H18N4O3. The Bertz CT molecular complexity index is 1010. The predicted octanol–water partition coefficient (Wildman–Crippen LogP) is 2.49. The SMILES string of the molecule is Cn1ccc(NC(=O)c2cc(OCc3ccccc3)c3c(c2)C(=O)NC3)n1. The first-order valence-electron chi connectivity index (χ1n) is 8.53. The van der Waals surface area contributed by atoms with E-state index in [0.717, 1.165) is 11.1 Å². The molecule has 136 valence electrons. The van der Waals surface area contributed by atoms with E-state index in [-0.39, 0.29) is 11.8 Å². The van der Waals surface area contributed by atoms with Gasteiger partial charge in [-0.3, -0.25) is 14.3 Å². The standard InChI is InChI=1S/C20H18N4O3/c1-24-8-7-18(23-24)22-19(25)14-9-15-16(11-21-20(15)26)17(10-14)27-12-13-5-3-2-4-6-13/h2-10H,11-12H2,1H3,(H,21,26)(H,22,23,25). The third-order valence-corrected chi connectivity index (χ3v) is 4.33. The molecule has 0 bridgehead atoms. The van der Waals surface area contributed by atoms with Crippen LogP contribution in [0.1, 0.15) is 31.8 Å². The van der Waals surface area contributed by atoms with Crippen molar-refractivity contribution in [2.24, 2.45) is 7.05 Å². The first-order valence-corrected chi connectivity index (χ1v) is 8.53. The summed E-state index contributed by atoms with van der Waals surface area (Å²) in [6.45, 7) is 0.743. The minimum atomic E-state index is -0.347. The number of hydrogen-bond acceptors (Lipinski definition) is 4. The Morgan fingerprint density at radius 1 is 1.26 bits per heavy atom. The lowest BCUT2D eigenvalue weighted by atomic mass is 10.0. The van der Waals surface area contributed by atoms with Crippen LogP contribution in [-0.4, -0.2) is 21.6 Å². The van der Waals surface area contributed by atoms with Gasteiger partial charge in [-0.1, -0.05) is 30.3 Å². The molecule has 1 aromatic heterocycles. The molecule has 3 aromatic rings. The van der Waals surface area contributed by atoms with E-state index < -0.39 is 0 Å². The fraction of sp³-hybridized carbons (Fsp3) is 0.150. The van der Waals surface area contributed by atoms with Crippen LogP contribution in [0.25, 0.3) is 0 Å². The number of anilines is 1. The third-order valence-electron chi connectivity index (χ3n) is 4.33. The number of amides is 2. The molecule has 0 saturated carbocycles. The molecule has 0 aliphatic carbocycles. The van der Waals surface area contributed by atoms with Crippen molar-refractivity contribution in [1.29, 1.82) is 0 Å². The van der Waals surface area contributed by atoms with E-state index in [9.17, 15) is 9.59 Å². The third kappa shape index (κ3) is 3.52. The largest absolute Gasteiger partial charge is 0.489 e. The summed E-state index contributed by atoms with van der Waals surface area (Å²) in [5.41, 5.74) is 2.59. The second-order valence-electron chi connectivity index (χ2n) is 6.29. The summed E-state index contributed by atoms with van der Waals surface area (Å²) in [6.07, 6.45) is 1.74. The zero-order valence-electron chi connectivity index (χ0n) is 14.7. The van der Waals surface area contributed by atoms with E-state index in [1.165, 1.54) is 0 Å². The summed E-state index contributed by atoms with van der Waals surface area (Å²) in [7, 11) is 1.77. The lowest BCUT2D eigenvalue weighted by molar-refractivity contribution is 0.0965. The van der Waals surface area contributed by atoms with Crippen molar-refractivity contribution in [3.8, 4) is 5.75 Å². The summed E-state index contributed by atoms with van der Waals surface area (Å²) < 4.78 is 7.53. The number of carbonyl (C=O) groups is 2. The number of aromatic nitrogens is 2. The average Bonchev–Trinajstić information content (AvgIpc) is 3.26. The van der Waals surface area contributed by atoms with Gasteiger partial charge < -0.3 is 15.4 Å². The molecule has 2 N–H and O–H groups in total. The highest BCUT2D eigenvalue weighted by Crippen LogP contribution is 2.29. The molecule has 1 aliphatic rings. The summed E-state index contributed by atoms with van der Waals surface area (Å²) in [5.74, 6) is 0.419. The van der Waals surface area contributed by atoms with Crippen LogP contribution in [0, 0.1) is 0 Å². The van der Waals surface area contributed by atoms with Gasteiger partial charge in [0.15, 0.2) is 5.82 Å². The molecule has 2 aromatic carbocycles. The number of hydrogen-bond donors (Lipinski definition) is 2. The predicted molar refractivity (Wildman–Crippen MR) is 99.5 cm³/mol. The van der Waals surface area contributed by atoms with Crippen molar-refractivity contribution >= 4 is 17.6 Å². The van der Waals surface area contributed by atoms with Gasteiger partial charge in [0.25, 0.3) is 11.8 Å². The maximum absolute atomic E-state index is 12.6. The fourth-order valence-corrected chi connectivity index (χ4v) is 2.96. The topological polar surface area (TPSA) is 85.2 Å². The quantitative estimate of drug-likeness (QED) is 0.730. The highest BCUT2D eigenvalue weighted by molar-refractivity contribution is 6.07. The van der Waals surface area contributed by atoms with Crippen LogP contribution >= 0.6 is 0 Å². The monoisotopic (exact) mass is 362 g/mol. The lowest BCUT2D eigenvalue weighted by Crippen LogP contribution is -2.15. The number of benzene rings is 2. The van der Waals surface area contributed by atoms with Crippen molar-refractivity contribution in [3.05, 3.63) is 77.0 Å². The Hall–Kier alpha value is -3.61. The van der Waals surface area contributed by atoms with Gasteiger partial charge in [-0.25, -0.2) is 0 Å². The van der Waals surface area contributed by atoms with Gasteiger partial charge >= 0.3 is 0 Å². The van der Waals surface area contributed by atoms with E-state index in [1.807, 2.05) is 30.3 Å². The molecule has 2 amide bonds. The van der Waals surface area contributed by atoms with Crippen LogP contribution in [0.5, 0.6) is 5.75 Å². The van der Waals surface area contributed by atoms with Gasteiger partial charge in [-0.15, -0.1) is 0 Å². The van der Waals surface area contributed by atoms with Gasteiger partial charge in [0.2, 0.25) is 0 Å². The number of rotatable bonds is 5. The molecule has 1 aliphatic heterocycles. The Morgan fingerprint density at radius 2 is 2.07 bits per heavy atom. The highest BCUT2D eigenvalue weighted by Gasteiger charge is 2.25. The summed E-state index contributed by atoms with van der Waals surface area (Å²) >= 11 is 0. The van der Waals surface area contributed by atoms with Crippen LogP contribution in [0.2, 0.25) is 0 Å². The normalized spacial score (nSPS) is 12.4. The molecule has 0 unspecified atom stereocenters. The molecule has 7 nitrogen and oxygen atoms in total. The number of ether oxygens (including phenoxy) is 1. The van der Waals surface area contributed by atoms with Crippen molar-refractivity contribution < 1.29 is 14.3 Å². The Morgan fingerprint density at radius 3 is 2.81 bits per heavy atom.